The molecule has 2 aliphatic rings. The van der Waals surface area contributed by atoms with E-state index in [0.717, 1.165) is 31.4 Å². The zero-order valence-corrected chi connectivity index (χ0v) is 25.7. The summed E-state index contributed by atoms with van der Waals surface area (Å²) in [5.41, 5.74) is 9.44. The maximum Gasteiger partial charge on any atom is 0.118 e. The van der Waals surface area contributed by atoms with Crippen molar-refractivity contribution in [3.8, 4) is 0 Å². The van der Waals surface area contributed by atoms with Crippen molar-refractivity contribution < 1.29 is 9.47 Å². The lowest BCUT2D eigenvalue weighted by Crippen LogP contribution is -2.26. The monoisotopic (exact) mass is 617 g/mol. The fourth-order valence-electron chi connectivity index (χ4n) is 6.77. The van der Waals surface area contributed by atoms with E-state index in [-0.39, 0.29) is 11.2 Å². The lowest BCUT2D eigenvalue weighted by molar-refractivity contribution is 0.0237. The van der Waals surface area contributed by atoms with E-state index in [1.54, 1.807) is 0 Å². The quantitative estimate of drug-likeness (QED) is 0.206. The average molecular weight is 619 g/mol. The third-order valence-corrected chi connectivity index (χ3v) is 9.59. The highest BCUT2D eigenvalue weighted by atomic mass is 79.9. The second-order valence-corrected chi connectivity index (χ2v) is 11.7. The summed E-state index contributed by atoms with van der Waals surface area (Å²) in [5.74, 6) is 0. The number of ether oxygens (including phenoxy) is 2. The van der Waals surface area contributed by atoms with Gasteiger partial charge in [-0.2, -0.15) is 0 Å². The molecule has 0 saturated carbocycles. The summed E-state index contributed by atoms with van der Waals surface area (Å²) >= 11 is 3.65. The van der Waals surface area contributed by atoms with Crippen LogP contribution in [0.25, 0.3) is 0 Å². The third kappa shape index (κ3) is 5.09. The van der Waals surface area contributed by atoms with Crippen molar-refractivity contribution >= 4 is 27.3 Å². The molecule has 0 spiro atoms. The number of hydrogen-bond acceptors (Lipinski definition) is 3. The van der Waals surface area contributed by atoms with E-state index in [2.05, 4.69) is 137 Å². The van der Waals surface area contributed by atoms with Gasteiger partial charge >= 0.3 is 0 Å². The Bertz CT molecular complexity index is 1640. The molecule has 7 rings (SSSR count). The van der Waals surface area contributed by atoms with E-state index in [1.165, 1.54) is 43.5 Å². The van der Waals surface area contributed by atoms with Crippen LogP contribution in [-0.2, 0) is 33.5 Å². The summed E-state index contributed by atoms with van der Waals surface area (Å²) in [7, 11) is 3.63. The van der Waals surface area contributed by atoms with Crippen LogP contribution >= 0.6 is 15.9 Å². The Morgan fingerprint density at radius 2 is 1.02 bits per heavy atom. The van der Waals surface area contributed by atoms with Crippen LogP contribution in [0.1, 0.15) is 46.2 Å². The molecule has 2 aliphatic carbocycles. The fourth-order valence-corrected chi connectivity index (χ4v) is 7.33. The highest BCUT2D eigenvalue weighted by Crippen LogP contribution is 2.48. The van der Waals surface area contributed by atoms with Crippen LogP contribution in [0.5, 0.6) is 0 Å². The van der Waals surface area contributed by atoms with E-state index in [9.17, 15) is 0 Å². The molecule has 0 aromatic heterocycles. The van der Waals surface area contributed by atoms with Crippen LogP contribution in [0.15, 0.2) is 132 Å². The lowest BCUT2D eigenvalue weighted by atomic mass is 9.87. The molecule has 5 aromatic carbocycles. The number of methoxy groups -OCH3 is 2. The van der Waals surface area contributed by atoms with Crippen LogP contribution in [0.3, 0.4) is 0 Å². The van der Waals surface area contributed by atoms with Gasteiger partial charge in [0.15, 0.2) is 0 Å². The maximum absolute atomic E-state index is 6.09. The van der Waals surface area contributed by atoms with Gasteiger partial charge in [0.05, 0.1) is 0 Å². The molecule has 4 heteroatoms. The van der Waals surface area contributed by atoms with E-state index in [4.69, 9.17) is 9.47 Å². The first-order valence-corrected chi connectivity index (χ1v) is 15.3. The Morgan fingerprint density at radius 3 is 1.57 bits per heavy atom. The molecule has 0 aliphatic heterocycles. The SMILES string of the molecule is COC1(c2ccccc2)CCc2c(Br)cccc21.COC1(c2ccccc2)CCc2c(Nc3ccccc3)cccc21. The highest BCUT2D eigenvalue weighted by molar-refractivity contribution is 9.10. The van der Waals surface area contributed by atoms with E-state index < -0.39 is 0 Å². The molecule has 0 bridgehead atoms. The summed E-state index contributed by atoms with van der Waals surface area (Å²) in [6.07, 6.45) is 4.04. The zero-order chi connectivity index (χ0) is 29.0. The van der Waals surface area contributed by atoms with E-state index in [1.807, 2.05) is 26.4 Å². The maximum atomic E-state index is 6.09. The largest absolute Gasteiger partial charge is 0.369 e. The molecule has 0 radical (unpaired) electrons. The van der Waals surface area contributed by atoms with Gasteiger partial charge in [0.1, 0.15) is 11.2 Å². The second kappa shape index (κ2) is 12.3. The number of rotatable bonds is 6. The number of halogens is 1. The van der Waals surface area contributed by atoms with Crippen molar-refractivity contribution in [3.05, 3.63) is 165 Å². The molecular weight excluding hydrogens is 582 g/mol. The van der Waals surface area contributed by atoms with Crippen LogP contribution in [0.2, 0.25) is 0 Å². The van der Waals surface area contributed by atoms with Crippen molar-refractivity contribution in [2.24, 2.45) is 0 Å². The highest BCUT2D eigenvalue weighted by Gasteiger charge is 2.42. The molecule has 0 saturated heterocycles. The predicted octanol–water partition coefficient (Wildman–Crippen LogP) is 9.55. The summed E-state index contributed by atoms with van der Waals surface area (Å²) in [5, 5.41) is 3.56. The van der Waals surface area contributed by atoms with Gasteiger partial charge in [0.2, 0.25) is 0 Å². The minimum Gasteiger partial charge on any atom is -0.369 e. The van der Waals surface area contributed by atoms with Crippen LogP contribution in [0.4, 0.5) is 11.4 Å². The van der Waals surface area contributed by atoms with Gasteiger partial charge in [-0.05, 0) is 83.3 Å². The van der Waals surface area contributed by atoms with Gasteiger partial charge in [0, 0.05) is 30.1 Å². The molecule has 1 N–H and O–H groups in total. The number of hydrogen-bond donors (Lipinski definition) is 1. The first-order valence-electron chi connectivity index (χ1n) is 14.5. The first-order chi connectivity index (χ1) is 20.6. The zero-order valence-electron chi connectivity index (χ0n) is 24.1. The van der Waals surface area contributed by atoms with Crippen LogP contribution in [-0.4, -0.2) is 14.2 Å². The molecule has 3 nitrogen and oxygen atoms in total. The molecule has 5 aromatic rings. The van der Waals surface area contributed by atoms with Gasteiger partial charge in [-0.25, -0.2) is 0 Å². The summed E-state index contributed by atoms with van der Waals surface area (Å²) in [4.78, 5) is 0. The standard InChI is InChI=1S/C22H21NO.C16H15BrO/c1-24-22(17-9-4-2-5-10-17)16-15-19-20(22)13-8-14-21(19)23-18-11-6-3-7-12-18;1-18-16(12-6-3-2-4-7-12)11-10-13-14(16)8-5-9-15(13)17/h2-14,23H,15-16H2,1H3;2-9H,10-11H2,1H3. The van der Waals surface area contributed by atoms with Gasteiger partial charge in [0.25, 0.3) is 0 Å². The number of anilines is 2. The normalized spacial score (nSPS) is 20.3. The van der Waals surface area contributed by atoms with Crippen LogP contribution in [0, 0.1) is 0 Å². The molecule has 212 valence electrons. The molecule has 2 atom stereocenters. The number of para-hydroxylation sites is 1. The fraction of sp³-hybridized carbons (Fsp3) is 0.211. The number of benzene rings is 5. The minimum absolute atomic E-state index is 0.277. The third-order valence-electron chi connectivity index (χ3n) is 8.85. The summed E-state index contributed by atoms with van der Waals surface area (Å²) < 4.78 is 13.2. The topological polar surface area (TPSA) is 30.5 Å². The van der Waals surface area contributed by atoms with Crippen molar-refractivity contribution in [2.75, 3.05) is 19.5 Å². The lowest BCUT2D eigenvalue weighted by Gasteiger charge is -2.30. The Labute approximate surface area is 257 Å². The van der Waals surface area contributed by atoms with Gasteiger partial charge in [-0.3, -0.25) is 0 Å². The van der Waals surface area contributed by atoms with Crippen LogP contribution < -0.4 is 5.32 Å². The molecule has 42 heavy (non-hydrogen) atoms. The second-order valence-electron chi connectivity index (χ2n) is 10.9. The Morgan fingerprint density at radius 1 is 0.548 bits per heavy atom. The van der Waals surface area contributed by atoms with Crippen molar-refractivity contribution in [1.82, 2.24) is 0 Å². The van der Waals surface area contributed by atoms with E-state index >= 15 is 0 Å². The minimum atomic E-state index is -0.342. The molecule has 0 fully saturated rings. The molecular formula is C38H36BrNO2. The molecule has 0 amide bonds. The molecule has 2 unspecified atom stereocenters. The van der Waals surface area contributed by atoms with Gasteiger partial charge < -0.3 is 14.8 Å². The van der Waals surface area contributed by atoms with Gasteiger partial charge in [-0.15, -0.1) is 0 Å². The number of fused-ring (bicyclic) bond motifs is 2. The number of nitrogens with one attached hydrogen (secondary N) is 1. The van der Waals surface area contributed by atoms with Crippen molar-refractivity contribution in [2.45, 2.75) is 36.9 Å². The first kappa shape index (κ1) is 28.4. The van der Waals surface area contributed by atoms with Gasteiger partial charge in [-0.1, -0.05) is 119 Å². The average Bonchev–Trinajstić information content (AvgIpc) is 3.64. The summed E-state index contributed by atoms with van der Waals surface area (Å²) in [6, 6.07) is 44.2. The Hall–Kier alpha value is -3.70. The smallest absolute Gasteiger partial charge is 0.118 e. The predicted molar refractivity (Wildman–Crippen MR) is 175 cm³/mol. The summed E-state index contributed by atoms with van der Waals surface area (Å²) in [6.45, 7) is 0. The van der Waals surface area contributed by atoms with Crippen molar-refractivity contribution in [1.29, 1.82) is 0 Å². The van der Waals surface area contributed by atoms with Crippen molar-refractivity contribution in [3.63, 3.8) is 0 Å². The Balaban J connectivity index is 0.000000157. The molecule has 0 heterocycles. The van der Waals surface area contributed by atoms with E-state index in [0.29, 0.717) is 0 Å². The Kier molecular flexibility index (Phi) is 8.30.